The average Bonchev–Trinajstić information content (AvgIpc) is 2.78. The van der Waals surface area contributed by atoms with Crippen molar-refractivity contribution in [2.24, 2.45) is 0 Å². The third kappa shape index (κ3) is 6.59. The van der Waals surface area contributed by atoms with Crippen LogP contribution in [-0.2, 0) is 11.3 Å². The van der Waals surface area contributed by atoms with Crippen LogP contribution in [-0.4, -0.2) is 55.3 Å². The van der Waals surface area contributed by atoms with Crippen LogP contribution in [0.5, 0.6) is 5.75 Å². The first kappa shape index (κ1) is 24.3. The Hall–Kier alpha value is -2.33. The summed E-state index contributed by atoms with van der Waals surface area (Å²) in [4.78, 5) is 18.4. The summed E-state index contributed by atoms with van der Waals surface area (Å²) in [6, 6.07) is 3.98. The normalized spacial score (nSPS) is 15.2. The molecule has 1 aliphatic heterocycles. The molecule has 0 bridgehead atoms. The van der Waals surface area contributed by atoms with E-state index in [0.29, 0.717) is 17.7 Å². The molecule has 0 saturated carbocycles. The molecule has 1 aromatic heterocycles. The van der Waals surface area contributed by atoms with Gasteiger partial charge in [0.25, 0.3) is 0 Å². The Morgan fingerprint density at radius 1 is 1.34 bits per heavy atom. The number of nitrogens with zero attached hydrogens (tertiary/aromatic N) is 2. The minimum Gasteiger partial charge on any atom is -0.482 e. The molecule has 1 aromatic carbocycles. The number of amides is 2. The summed E-state index contributed by atoms with van der Waals surface area (Å²) in [5.41, 5.74) is 6.92. The van der Waals surface area contributed by atoms with Crippen molar-refractivity contribution in [1.29, 1.82) is 0 Å². The standard InChI is InChI=1S/C21H26Cl2FN5O3/c1-13(18-15(22)2-3-16(24)19(18)23)32-17-10-14(11-27-20(17)25)12-28-21(30)26-4-5-29-6-8-31-9-7-29/h2-3,10-11,13H,4-9,12H2,1H3,(H2,25,27)(H2,26,28,30). The van der Waals surface area contributed by atoms with Crippen LogP contribution in [0.15, 0.2) is 24.4 Å². The molecule has 3 rings (SSSR count). The summed E-state index contributed by atoms with van der Waals surface area (Å²) in [6.45, 7) is 6.38. The SMILES string of the molecule is CC(Oc1cc(CNC(=O)NCCN2CCOCC2)cnc1N)c1c(Cl)ccc(F)c1Cl. The molecule has 1 aliphatic rings. The van der Waals surface area contributed by atoms with E-state index in [2.05, 4.69) is 20.5 Å². The molecule has 32 heavy (non-hydrogen) atoms. The second kappa shape index (κ2) is 11.5. The minimum atomic E-state index is -0.679. The predicted octanol–water partition coefficient (Wildman–Crippen LogP) is 3.38. The highest BCUT2D eigenvalue weighted by Crippen LogP contribution is 2.35. The zero-order valence-electron chi connectivity index (χ0n) is 17.7. The van der Waals surface area contributed by atoms with Crippen LogP contribution in [0.1, 0.15) is 24.2 Å². The van der Waals surface area contributed by atoms with Gasteiger partial charge in [0.05, 0.1) is 18.2 Å². The number of pyridine rings is 1. The van der Waals surface area contributed by atoms with E-state index in [4.69, 9.17) is 38.4 Å². The topological polar surface area (TPSA) is 102 Å². The Bertz CT molecular complexity index is 944. The van der Waals surface area contributed by atoms with E-state index in [-0.39, 0.29) is 34.2 Å². The van der Waals surface area contributed by atoms with Crippen molar-refractivity contribution in [2.45, 2.75) is 19.6 Å². The number of nitrogen functional groups attached to an aromatic ring is 1. The highest BCUT2D eigenvalue weighted by atomic mass is 35.5. The maximum Gasteiger partial charge on any atom is 0.315 e. The zero-order valence-corrected chi connectivity index (χ0v) is 19.2. The molecular formula is C21H26Cl2FN5O3. The lowest BCUT2D eigenvalue weighted by atomic mass is 10.1. The van der Waals surface area contributed by atoms with E-state index in [9.17, 15) is 9.18 Å². The summed E-state index contributed by atoms with van der Waals surface area (Å²) in [7, 11) is 0. The van der Waals surface area contributed by atoms with E-state index in [0.717, 1.165) is 32.8 Å². The Morgan fingerprint density at radius 3 is 2.84 bits per heavy atom. The molecular weight excluding hydrogens is 460 g/mol. The van der Waals surface area contributed by atoms with Crippen LogP contribution in [0.4, 0.5) is 15.0 Å². The number of aromatic nitrogens is 1. The summed E-state index contributed by atoms with van der Waals surface area (Å²) in [6.07, 6.45) is 0.865. The number of hydrogen-bond acceptors (Lipinski definition) is 6. The highest BCUT2D eigenvalue weighted by Gasteiger charge is 2.20. The van der Waals surface area contributed by atoms with E-state index < -0.39 is 11.9 Å². The van der Waals surface area contributed by atoms with E-state index in [1.807, 2.05) is 0 Å². The van der Waals surface area contributed by atoms with Crippen LogP contribution in [0.2, 0.25) is 10.0 Å². The van der Waals surface area contributed by atoms with Gasteiger partial charge in [0.15, 0.2) is 11.6 Å². The third-order valence-electron chi connectivity index (χ3n) is 5.00. The summed E-state index contributed by atoms with van der Waals surface area (Å²) < 4.78 is 25.0. The maximum atomic E-state index is 13.8. The largest absolute Gasteiger partial charge is 0.482 e. The number of hydrogen-bond donors (Lipinski definition) is 3. The van der Waals surface area contributed by atoms with Gasteiger partial charge in [0.2, 0.25) is 0 Å². The lowest BCUT2D eigenvalue weighted by Crippen LogP contribution is -2.43. The summed E-state index contributed by atoms with van der Waals surface area (Å²) in [5.74, 6) is -0.162. The number of nitrogens with one attached hydrogen (secondary N) is 2. The lowest BCUT2D eigenvalue weighted by molar-refractivity contribution is 0.0387. The molecule has 1 atom stereocenters. The van der Waals surface area contributed by atoms with E-state index in [1.165, 1.54) is 12.1 Å². The fourth-order valence-corrected chi connectivity index (χ4v) is 3.93. The molecule has 0 radical (unpaired) electrons. The number of carbonyl (C=O) groups excluding carboxylic acids is 1. The molecule has 1 fully saturated rings. The first-order valence-corrected chi connectivity index (χ1v) is 11.0. The van der Waals surface area contributed by atoms with Crippen molar-refractivity contribution in [3.8, 4) is 5.75 Å². The van der Waals surface area contributed by atoms with Crippen LogP contribution in [0, 0.1) is 5.82 Å². The number of nitrogens with two attached hydrogens (primary N) is 1. The van der Waals surface area contributed by atoms with Gasteiger partial charge >= 0.3 is 6.03 Å². The second-order valence-electron chi connectivity index (χ2n) is 7.31. The van der Waals surface area contributed by atoms with Gasteiger partial charge in [-0.2, -0.15) is 0 Å². The van der Waals surface area contributed by atoms with Gasteiger partial charge in [-0.1, -0.05) is 23.2 Å². The molecule has 2 aromatic rings. The third-order valence-corrected chi connectivity index (χ3v) is 5.71. The van der Waals surface area contributed by atoms with Gasteiger partial charge in [0.1, 0.15) is 11.9 Å². The number of urea groups is 1. The van der Waals surface area contributed by atoms with Gasteiger partial charge in [-0.3, -0.25) is 4.90 Å². The Balaban J connectivity index is 1.54. The molecule has 8 nitrogen and oxygen atoms in total. The fraction of sp³-hybridized carbons (Fsp3) is 0.429. The van der Waals surface area contributed by atoms with Gasteiger partial charge in [-0.05, 0) is 30.7 Å². The zero-order chi connectivity index (χ0) is 23.1. The van der Waals surface area contributed by atoms with Gasteiger partial charge in [-0.15, -0.1) is 0 Å². The number of anilines is 1. The van der Waals surface area contributed by atoms with E-state index >= 15 is 0 Å². The van der Waals surface area contributed by atoms with Crippen molar-refractivity contribution in [3.05, 3.63) is 51.4 Å². The van der Waals surface area contributed by atoms with Crippen molar-refractivity contribution in [2.75, 3.05) is 45.1 Å². The molecule has 0 spiro atoms. The second-order valence-corrected chi connectivity index (χ2v) is 8.09. The Morgan fingerprint density at radius 2 is 2.09 bits per heavy atom. The van der Waals surface area contributed by atoms with Gasteiger partial charge in [-0.25, -0.2) is 14.2 Å². The smallest absolute Gasteiger partial charge is 0.315 e. The van der Waals surface area contributed by atoms with Crippen LogP contribution in [0.25, 0.3) is 0 Å². The summed E-state index contributed by atoms with van der Waals surface area (Å²) in [5, 5.41) is 5.77. The predicted molar refractivity (Wildman–Crippen MR) is 122 cm³/mol. The van der Waals surface area contributed by atoms with Gasteiger partial charge in [0, 0.05) is 49.5 Å². The van der Waals surface area contributed by atoms with Gasteiger partial charge < -0.3 is 25.8 Å². The monoisotopic (exact) mass is 485 g/mol. The Kier molecular flexibility index (Phi) is 8.75. The van der Waals surface area contributed by atoms with Crippen molar-refractivity contribution >= 4 is 35.1 Å². The number of carbonyl (C=O) groups is 1. The fourth-order valence-electron chi connectivity index (χ4n) is 3.25. The first-order valence-electron chi connectivity index (χ1n) is 10.2. The lowest BCUT2D eigenvalue weighted by Gasteiger charge is -2.26. The number of ether oxygens (including phenoxy) is 2. The quantitative estimate of drug-likeness (QED) is 0.495. The van der Waals surface area contributed by atoms with Crippen molar-refractivity contribution < 1.29 is 18.7 Å². The maximum absolute atomic E-state index is 13.8. The summed E-state index contributed by atoms with van der Waals surface area (Å²) >= 11 is 12.2. The van der Waals surface area contributed by atoms with Crippen LogP contribution < -0.4 is 21.1 Å². The molecule has 174 valence electrons. The highest BCUT2D eigenvalue weighted by molar-refractivity contribution is 6.36. The average molecular weight is 486 g/mol. The minimum absolute atomic E-state index is 0.108. The molecule has 11 heteroatoms. The number of benzene rings is 1. The molecule has 2 amide bonds. The molecule has 1 unspecified atom stereocenters. The number of morpholine rings is 1. The van der Waals surface area contributed by atoms with Crippen molar-refractivity contribution in [3.63, 3.8) is 0 Å². The molecule has 2 heterocycles. The van der Waals surface area contributed by atoms with Crippen molar-refractivity contribution in [1.82, 2.24) is 20.5 Å². The number of halogens is 3. The van der Waals surface area contributed by atoms with E-state index in [1.54, 1.807) is 19.2 Å². The molecule has 0 aliphatic carbocycles. The molecule has 4 N–H and O–H groups in total. The number of rotatable bonds is 8. The Labute approximate surface area is 196 Å². The first-order chi connectivity index (χ1) is 15.3. The molecule has 1 saturated heterocycles. The van der Waals surface area contributed by atoms with Crippen LogP contribution >= 0.6 is 23.2 Å². The van der Waals surface area contributed by atoms with Crippen LogP contribution in [0.3, 0.4) is 0 Å².